The van der Waals surface area contributed by atoms with E-state index >= 15 is 0 Å². The van der Waals surface area contributed by atoms with Gasteiger partial charge in [-0.2, -0.15) is 0 Å². The molecule has 0 spiro atoms. The second-order valence-electron chi connectivity index (χ2n) is 6.67. The maximum atomic E-state index is 13.3. The number of benzene rings is 3. The second-order valence-corrected chi connectivity index (χ2v) is 49.1. The van der Waals surface area contributed by atoms with Crippen molar-refractivity contribution in [2.45, 2.75) is 0 Å². The van der Waals surface area contributed by atoms with Gasteiger partial charge in [-0.1, -0.05) is 30.3 Å². The Labute approximate surface area is 204 Å². The summed E-state index contributed by atoms with van der Waals surface area (Å²) in [4.78, 5) is 0. The molecular weight excluding hydrogens is 626 g/mol. The number of halogens is 7. The Hall–Kier alpha value is -1.08. The third-order valence-electron chi connectivity index (χ3n) is 4.16. The van der Waals surface area contributed by atoms with Crippen molar-refractivity contribution in [2.75, 3.05) is 0 Å². The fourth-order valence-corrected chi connectivity index (χ4v) is 2.81. The summed E-state index contributed by atoms with van der Waals surface area (Å²) in [7, 11) is 25.3. The molecule has 0 unspecified atom stereocenters. The van der Waals surface area contributed by atoms with E-state index in [2.05, 4.69) is 0 Å². The van der Waals surface area contributed by atoms with Crippen LogP contribution in [0.5, 0.6) is 0 Å². The van der Waals surface area contributed by atoms with E-state index in [1.54, 1.807) is 24.3 Å². The van der Waals surface area contributed by atoms with Gasteiger partial charge >= 0.3 is 67.5 Å². The molecule has 9 heteroatoms. The van der Waals surface area contributed by atoms with Gasteiger partial charge in [-0.3, -0.25) is 0 Å². The summed E-state index contributed by atoms with van der Waals surface area (Å²) in [5.41, 5.74) is 3.48. The van der Waals surface area contributed by atoms with E-state index in [1.807, 2.05) is 42.5 Å². The van der Waals surface area contributed by atoms with Crippen LogP contribution >= 0.6 is 44.6 Å². The predicted octanol–water partition coefficient (Wildman–Crippen LogP) is 9.91. The molecule has 0 N–H and O–H groups in total. The molecule has 32 heavy (non-hydrogen) atoms. The monoisotopic (exact) mass is 640 g/mol. The average Bonchev–Trinajstić information content (AvgIpc) is 2.73. The standard InChI is InChI=1S/C23H15F2O.5ClH.Sn/c24-20-10-6-16(7-11-20)19-14-22(17-4-2-1-3-5-17)26-23(15-19)18-8-12-21(25)13-9-18;;;;;;/h1-15H;5*1H;/q+1;;;;;;+4/p-5. The van der Waals surface area contributed by atoms with E-state index in [1.165, 1.54) is 24.3 Å². The molecule has 0 atom stereocenters. The molecule has 0 aliphatic heterocycles. The Bertz CT molecular complexity index is 1110. The molecule has 0 aliphatic carbocycles. The third-order valence-corrected chi connectivity index (χ3v) is 4.16. The van der Waals surface area contributed by atoms with Crippen LogP contribution in [0.25, 0.3) is 33.8 Å². The SMILES string of the molecule is Fc1ccc(-c2cc(-c3ccccc3)[o+]c(-c3ccc(F)cc3)c2)cc1.[Cl][Sn-]([Cl])([Cl])([Cl])[Cl]. The Morgan fingerprint density at radius 1 is 0.500 bits per heavy atom. The van der Waals surface area contributed by atoms with Crippen LogP contribution in [0.15, 0.2) is 95.4 Å². The Morgan fingerprint density at radius 3 is 1.31 bits per heavy atom. The molecule has 3 aromatic carbocycles. The number of hydrogen-bond donors (Lipinski definition) is 0. The molecule has 4 aromatic rings. The van der Waals surface area contributed by atoms with Crippen LogP contribution in [0.3, 0.4) is 0 Å². The van der Waals surface area contributed by atoms with Crippen LogP contribution in [0.1, 0.15) is 0 Å². The molecule has 0 saturated heterocycles. The van der Waals surface area contributed by atoms with Crippen molar-refractivity contribution in [1.29, 1.82) is 0 Å². The summed E-state index contributed by atoms with van der Waals surface area (Å²) in [6.07, 6.45) is 0. The minimum atomic E-state index is -4.40. The first-order valence-electron chi connectivity index (χ1n) is 9.19. The first-order chi connectivity index (χ1) is 14.9. The van der Waals surface area contributed by atoms with Crippen molar-refractivity contribution in [2.24, 2.45) is 0 Å². The van der Waals surface area contributed by atoms with Gasteiger partial charge in [0.15, 0.2) is 0 Å². The van der Waals surface area contributed by atoms with E-state index in [0.717, 1.165) is 22.3 Å². The van der Waals surface area contributed by atoms with Crippen molar-refractivity contribution in [3.05, 3.63) is 103 Å². The molecular formula is C23H15Cl5F2OSn. The summed E-state index contributed by atoms with van der Waals surface area (Å²) >= 11 is -4.40. The van der Waals surface area contributed by atoms with Gasteiger partial charge in [0.2, 0.25) is 0 Å². The molecule has 0 saturated carbocycles. The van der Waals surface area contributed by atoms with Crippen LogP contribution in [-0.4, -0.2) is 11.4 Å². The molecule has 1 nitrogen and oxygen atoms in total. The molecule has 166 valence electrons. The van der Waals surface area contributed by atoms with E-state index in [0.29, 0.717) is 11.5 Å². The normalized spacial score (nSPS) is 12.3. The Kier molecular flexibility index (Phi) is 8.34. The summed E-state index contributed by atoms with van der Waals surface area (Å²) in [6.45, 7) is 0. The molecule has 0 radical (unpaired) electrons. The van der Waals surface area contributed by atoms with Gasteiger partial charge in [0.05, 0.1) is 23.3 Å². The molecule has 0 bridgehead atoms. The van der Waals surface area contributed by atoms with Crippen LogP contribution in [0.4, 0.5) is 8.78 Å². The van der Waals surface area contributed by atoms with Gasteiger partial charge in [-0.15, -0.1) is 0 Å². The summed E-state index contributed by atoms with van der Waals surface area (Å²) < 4.78 is 32.6. The van der Waals surface area contributed by atoms with E-state index in [-0.39, 0.29) is 11.6 Å². The van der Waals surface area contributed by atoms with Crippen molar-refractivity contribution in [3.63, 3.8) is 0 Å². The van der Waals surface area contributed by atoms with Gasteiger partial charge in [0.25, 0.3) is 0 Å². The van der Waals surface area contributed by atoms with Crippen molar-refractivity contribution in [1.82, 2.24) is 0 Å². The second kappa shape index (κ2) is 10.5. The van der Waals surface area contributed by atoms with Crippen LogP contribution in [-0.2, 0) is 0 Å². The molecule has 0 aliphatic rings. The van der Waals surface area contributed by atoms with Crippen LogP contribution in [0.2, 0.25) is 0 Å². The van der Waals surface area contributed by atoms with Gasteiger partial charge in [0, 0.05) is 5.56 Å². The molecule has 0 fully saturated rings. The average molecular weight is 641 g/mol. The molecule has 0 amide bonds. The van der Waals surface area contributed by atoms with Crippen molar-refractivity contribution >= 4 is 56.0 Å². The van der Waals surface area contributed by atoms with Crippen LogP contribution in [0, 0.1) is 11.6 Å². The first-order valence-corrected chi connectivity index (χ1v) is 27.3. The number of rotatable bonds is 3. The summed E-state index contributed by atoms with van der Waals surface area (Å²) in [5.74, 6) is 0.723. The van der Waals surface area contributed by atoms with Gasteiger partial charge in [-0.25, -0.2) is 13.2 Å². The predicted molar refractivity (Wildman–Crippen MR) is 134 cm³/mol. The fourth-order valence-electron chi connectivity index (χ4n) is 2.81. The Morgan fingerprint density at radius 2 is 0.875 bits per heavy atom. The third kappa shape index (κ3) is 8.69. The quantitative estimate of drug-likeness (QED) is 0.160. The van der Waals surface area contributed by atoms with Crippen molar-refractivity contribution < 1.29 is 13.2 Å². The molecule has 4 rings (SSSR count). The van der Waals surface area contributed by atoms with Crippen molar-refractivity contribution in [3.8, 4) is 33.8 Å². The summed E-state index contributed by atoms with van der Waals surface area (Å²) in [5, 5.41) is 0. The fraction of sp³-hybridized carbons (Fsp3) is 0. The Balaban J connectivity index is 0.000000427. The molecule has 1 aromatic heterocycles. The van der Waals surface area contributed by atoms with Crippen LogP contribution < -0.4 is 0 Å². The number of hydrogen-bond acceptors (Lipinski definition) is 0. The maximum absolute atomic E-state index is 13.3. The van der Waals surface area contributed by atoms with E-state index in [4.69, 9.17) is 49.0 Å². The zero-order valence-electron chi connectivity index (χ0n) is 16.2. The van der Waals surface area contributed by atoms with Gasteiger partial charge in [0.1, 0.15) is 11.6 Å². The molecule has 1 heterocycles. The topological polar surface area (TPSA) is 11.3 Å². The van der Waals surface area contributed by atoms with E-state index in [9.17, 15) is 8.78 Å². The first kappa shape index (κ1) is 25.5. The zero-order valence-corrected chi connectivity index (χ0v) is 22.8. The van der Waals surface area contributed by atoms with Gasteiger partial charge in [-0.05, 0) is 54.1 Å². The van der Waals surface area contributed by atoms with Gasteiger partial charge < -0.3 is 0 Å². The minimum absolute atomic E-state index is 0.281. The summed E-state index contributed by atoms with van der Waals surface area (Å²) in [6, 6.07) is 26.0. The van der Waals surface area contributed by atoms with E-state index < -0.39 is 11.4 Å². The zero-order chi connectivity index (χ0) is 23.4.